The van der Waals surface area contributed by atoms with Crippen molar-refractivity contribution in [3.63, 3.8) is 0 Å². The van der Waals surface area contributed by atoms with E-state index >= 15 is 0 Å². The third-order valence-corrected chi connectivity index (χ3v) is 3.88. The standard InChI is InChI=1S/C14H16OS.C2H6.CH4/c1-5-16-14-8-15-13-7-10(3)9(2)6-12(13)11(14)4;1-2;/h5-7H,1,8H2,2-4H3;1-2H3;1H4. The Kier molecular flexibility index (Phi) is 7.62. The molecular weight excluding hydrogens is 252 g/mol. The predicted octanol–water partition coefficient (Wildman–Crippen LogP) is 5.97. The molecule has 0 amide bonds. The molecule has 2 heteroatoms. The van der Waals surface area contributed by atoms with Crippen molar-refractivity contribution < 1.29 is 4.74 Å². The molecule has 0 aromatic heterocycles. The van der Waals surface area contributed by atoms with Crippen molar-refractivity contribution in [1.82, 2.24) is 0 Å². The minimum atomic E-state index is 0. The van der Waals surface area contributed by atoms with E-state index in [4.69, 9.17) is 4.74 Å². The smallest absolute Gasteiger partial charge is 0.127 e. The molecule has 1 aromatic rings. The van der Waals surface area contributed by atoms with Gasteiger partial charge in [-0.05, 0) is 55.0 Å². The SMILES string of the molecule is C.C=CSC1=C(C)c2cc(C)c(C)cc2OC1.CC. The number of hydrogen-bond acceptors (Lipinski definition) is 2. The number of allylic oxidation sites excluding steroid dienone is 1. The van der Waals surface area contributed by atoms with Gasteiger partial charge in [0.15, 0.2) is 0 Å². The van der Waals surface area contributed by atoms with Gasteiger partial charge < -0.3 is 4.74 Å². The molecule has 0 bridgehead atoms. The van der Waals surface area contributed by atoms with Crippen LogP contribution in [0.3, 0.4) is 0 Å². The summed E-state index contributed by atoms with van der Waals surface area (Å²) < 4.78 is 5.77. The Morgan fingerprint density at radius 2 is 1.74 bits per heavy atom. The Labute approximate surface area is 122 Å². The second-order valence-electron chi connectivity index (χ2n) is 4.05. The number of thioether (sulfide) groups is 1. The van der Waals surface area contributed by atoms with E-state index in [1.165, 1.54) is 27.2 Å². The lowest BCUT2D eigenvalue weighted by molar-refractivity contribution is 0.354. The van der Waals surface area contributed by atoms with E-state index in [2.05, 4.69) is 39.5 Å². The lowest BCUT2D eigenvalue weighted by Crippen LogP contribution is -2.08. The zero-order valence-electron chi connectivity index (χ0n) is 12.0. The summed E-state index contributed by atoms with van der Waals surface area (Å²) in [6, 6.07) is 4.34. The summed E-state index contributed by atoms with van der Waals surface area (Å²) in [5.41, 5.74) is 5.13. The topological polar surface area (TPSA) is 9.23 Å². The molecule has 0 unspecified atom stereocenters. The van der Waals surface area contributed by atoms with E-state index in [-0.39, 0.29) is 7.43 Å². The molecule has 0 radical (unpaired) electrons. The Balaban J connectivity index is 0.00000103. The zero-order chi connectivity index (χ0) is 13.7. The highest BCUT2D eigenvalue weighted by Gasteiger charge is 2.17. The first-order valence-corrected chi connectivity index (χ1v) is 7.23. The number of ether oxygens (including phenoxy) is 1. The first kappa shape index (κ1) is 17.8. The second-order valence-corrected chi connectivity index (χ2v) is 5.12. The number of aryl methyl sites for hydroxylation is 2. The van der Waals surface area contributed by atoms with E-state index in [1.54, 1.807) is 11.8 Å². The minimum absolute atomic E-state index is 0. The maximum Gasteiger partial charge on any atom is 0.127 e. The van der Waals surface area contributed by atoms with Crippen LogP contribution < -0.4 is 4.74 Å². The van der Waals surface area contributed by atoms with E-state index in [1.807, 2.05) is 19.3 Å². The third-order valence-electron chi connectivity index (χ3n) is 3.00. The van der Waals surface area contributed by atoms with Gasteiger partial charge in [0.05, 0.1) is 0 Å². The van der Waals surface area contributed by atoms with Gasteiger partial charge in [0.25, 0.3) is 0 Å². The van der Waals surface area contributed by atoms with Gasteiger partial charge in [-0.25, -0.2) is 0 Å². The van der Waals surface area contributed by atoms with Crippen LogP contribution in [0.25, 0.3) is 5.57 Å². The Bertz CT molecular complexity index is 472. The fourth-order valence-electron chi connectivity index (χ4n) is 1.83. The normalized spacial score (nSPS) is 12.5. The lowest BCUT2D eigenvalue weighted by atomic mass is 9.98. The Morgan fingerprint density at radius 3 is 2.32 bits per heavy atom. The highest BCUT2D eigenvalue weighted by molar-refractivity contribution is 8.06. The van der Waals surface area contributed by atoms with Crippen LogP contribution in [0.2, 0.25) is 0 Å². The second kappa shape index (κ2) is 8.11. The molecule has 1 nitrogen and oxygen atoms in total. The van der Waals surface area contributed by atoms with Crippen molar-refractivity contribution in [3.8, 4) is 5.75 Å². The van der Waals surface area contributed by atoms with Gasteiger partial charge in [0.2, 0.25) is 0 Å². The number of rotatable bonds is 2. The van der Waals surface area contributed by atoms with Gasteiger partial charge in [-0.15, -0.1) is 0 Å². The maximum atomic E-state index is 5.77. The molecule has 2 rings (SSSR count). The molecule has 1 heterocycles. The Hall–Kier alpha value is -1.15. The molecule has 0 spiro atoms. The van der Waals surface area contributed by atoms with Crippen LogP contribution in [0.15, 0.2) is 29.0 Å². The van der Waals surface area contributed by atoms with Crippen LogP contribution in [-0.2, 0) is 0 Å². The van der Waals surface area contributed by atoms with Gasteiger partial charge in [0.1, 0.15) is 12.4 Å². The van der Waals surface area contributed by atoms with Crippen molar-refractivity contribution in [2.75, 3.05) is 6.61 Å². The molecule has 19 heavy (non-hydrogen) atoms. The zero-order valence-corrected chi connectivity index (χ0v) is 12.8. The summed E-state index contributed by atoms with van der Waals surface area (Å²) >= 11 is 1.65. The molecule has 1 aliphatic rings. The summed E-state index contributed by atoms with van der Waals surface area (Å²) in [4.78, 5) is 1.26. The molecule has 0 aliphatic carbocycles. The molecule has 106 valence electrons. The van der Waals surface area contributed by atoms with Gasteiger partial charge in [0, 0.05) is 10.5 Å². The average Bonchev–Trinajstić information content (AvgIpc) is 2.38. The molecular formula is C17H26OS. The molecule has 0 N–H and O–H groups in total. The minimum Gasteiger partial charge on any atom is -0.488 e. The van der Waals surface area contributed by atoms with Crippen LogP contribution in [0, 0.1) is 13.8 Å². The van der Waals surface area contributed by atoms with Gasteiger partial charge in [-0.1, -0.05) is 39.6 Å². The van der Waals surface area contributed by atoms with Crippen molar-refractivity contribution >= 4 is 17.3 Å². The highest BCUT2D eigenvalue weighted by atomic mass is 32.2. The van der Waals surface area contributed by atoms with Crippen molar-refractivity contribution in [2.45, 2.75) is 42.0 Å². The predicted molar refractivity (Wildman–Crippen MR) is 89.9 cm³/mol. The van der Waals surface area contributed by atoms with Crippen LogP contribution in [0.1, 0.15) is 44.9 Å². The van der Waals surface area contributed by atoms with E-state index in [0.717, 1.165) is 5.75 Å². The number of hydrogen-bond donors (Lipinski definition) is 0. The first-order valence-electron chi connectivity index (χ1n) is 6.35. The average molecular weight is 278 g/mol. The fourth-order valence-corrected chi connectivity index (χ4v) is 2.44. The summed E-state index contributed by atoms with van der Waals surface area (Å²) in [6.45, 7) is 14.8. The molecule has 0 saturated carbocycles. The van der Waals surface area contributed by atoms with Gasteiger partial charge in [-0.3, -0.25) is 0 Å². The van der Waals surface area contributed by atoms with Gasteiger partial charge >= 0.3 is 0 Å². The van der Waals surface area contributed by atoms with E-state index in [0.29, 0.717) is 6.61 Å². The van der Waals surface area contributed by atoms with Crippen LogP contribution >= 0.6 is 11.8 Å². The molecule has 1 aromatic carbocycles. The van der Waals surface area contributed by atoms with Crippen molar-refractivity contribution in [1.29, 1.82) is 0 Å². The fraction of sp³-hybridized carbons (Fsp3) is 0.412. The monoisotopic (exact) mass is 278 g/mol. The molecule has 0 saturated heterocycles. The summed E-state index contributed by atoms with van der Waals surface area (Å²) in [7, 11) is 0. The third kappa shape index (κ3) is 3.90. The summed E-state index contributed by atoms with van der Waals surface area (Å²) in [5.74, 6) is 1.01. The van der Waals surface area contributed by atoms with Crippen molar-refractivity contribution in [3.05, 3.63) is 45.7 Å². The van der Waals surface area contributed by atoms with Crippen LogP contribution in [-0.4, -0.2) is 6.61 Å². The largest absolute Gasteiger partial charge is 0.488 e. The number of benzene rings is 1. The first-order chi connectivity index (χ1) is 8.63. The van der Waals surface area contributed by atoms with Gasteiger partial charge in [-0.2, -0.15) is 0 Å². The van der Waals surface area contributed by atoms with Crippen LogP contribution in [0.4, 0.5) is 0 Å². The quantitative estimate of drug-likeness (QED) is 0.659. The van der Waals surface area contributed by atoms with E-state index in [9.17, 15) is 0 Å². The summed E-state index contributed by atoms with van der Waals surface area (Å²) in [6.07, 6.45) is 0. The summed E-state index contributed by atoms with van der Waals surface area (Å²) in [5, 5.41) is 1.86. The maximum absolute atomic E-state index is 5.77. The molecule has 1 aliphatic heterocycles. The van der Waals surface area contributed by atoms with E-state index < -0.39 is 0 Å². The highest BCUT2D eigenvalue weighted by Crippen LogP contribution is 2.38. The van der Waals surface area contributed by atoms with Crippen molar-refractivity contribution in [2.24, 2.45) is 0 Å². The number of fused-ring (bicyclic) bond motifs is 1. The van der Waals surface area contributed by atoms with Crippen LogP contribution in [0.5, 0.6) is 5.75 Å². The molecule has 0 fully saturated rings. The molecule has 0 atom stereocenters. The Morgan fingerprint density at radius 1 is 1.16 bits per heavy atom. The lowest BCUT2D eigenvalue weighted by Gasteiger charge is -2.22.